The van der Waals surface area contributed by atoms with Crippen molar-refractivity contribution in [2.75, 3.05) is 0 Å². The van der Waals surface area contributed by atoms with E-state index in [1.807, 2.05) is 6.92 Å². The van der Waals surface area contributed by atoms with Crippen LogP contribution in [0.3, 0.4) is 0 Å². The molecule has 1 aromatic carbocycles. The molecule has 0 spiro atoms. The van der Waals surface area contributed by atoms with E-state index in [0.29, 0.717) is 0 Å². The molecule has 1 N–H and O–H groups in total. The van der Waals surface area contributed by atoms with Crippen LogP contribution in [0.15, 0.2) is 58.6 Å². The van der Waals surface area contributed by atoms with Gasteiger partial charge in [-0.3, -0.25) is 9.59 Å². The van der Waals surface area contributed by atoms with Crippen LogP contribution in [0, 0.1) is 13.8 Å². The predicted molar refractivity (Wildman–Crippen MR) is 114 cm³/mol. The average Bonchev–Trinajstić information content (AvgIpc) is 3.27. The number of pyridine rings is 1. The minimum atomic E-state index is -0.345. The van der Waals surface area contributed by atoms with Crippen molar-refractivity contribution in [3.63, 3.8) is 0 Å². The second-order valence-corrected chi connectivity index (χ2v) is 7.43. The molecule has 0 fully saturated rings. The number of aromatic nitrogens is 2. The lowest BCUT2D eigenvalue weighted by molar-refractivity contribution is -0.121. The van der Waals surface area contributed by atoms with Crippen molar-refractivity contribution in [1.82, 2.24) is 14.6 Å². The van der Waals surface area contributed by atoms with Gasteiger partial charge in [0.15, 0.2) is 0 Å². The van der Waals surface area contributed by atoms with E-state index in [4.69, 9.17) is 0 Å². The highest BCUT2D eigenvalue weighted by molar-refractivity contribution is 5.84. The Labute approximate surface area is 169 Å². The number of rotatable bonds is 5. The Bertz CT molecular complexity index is 1150. The van der Waals surface area contributed by atoms with Crippen molar-refractivity contribution >= 4 is 12.1 Å². The van der Waals surface area contributed by atoms with Gasteiger partial charge in [0.25, 0.3) is 11.5 Å². The molecule has 1 amide bonds. The molecule has 0 atom stereocenters. The fraction of sp³-hybridized carbons (Fsp3) is 0.261. The Kier molecular flexibility index (Phi) is 5.16. The van der Waals surface area contributed by atoms with Crippen molar-refractivity contribution in [2.24, 2.45) is 5.10 Å². The minimum absolute atomic E-state index is 0.0643. The summed E-state index contributed by atoms with van der Waals surface area (Å²) in [5.74, 6) is -0.345. The summed E-state index contributed by atoms with van der Waals surface area (Å²) in [6.07, 6.45) is 6.78. The fourth-order valence-corrected chi connectivity index (χ4v) is 3.97. The molecule has 2 aromatic heterocycles. The number of hydrogen-bond donors (Lipinski definition) is 1. The first-order valence-electron chi connectivity index (χ1n) is 9.81. The lowest BCUT2D eigenvalue weighted by Gasteiger charge is -2.11. The molecule has 0 bridgehead atoms. The Morgan fingerprint density at radius 3 is 2.79 bits per heavy atom. The molecule has 0 unspecified atom stereocenters. The highest BCUT2D eigenvalue weighted by atomic mass is 16.2. The number of nitrogens with zero attached hydrogens (tertiary/aromatic N) is 3. The molecule has 148 valence electrons. The maximum absolute atomic E-state index is 12.1. The third-order valence-corrected chi connectivity index (χ3v) is 5.42. The van der Waals surface area contributed by atoms with Crippen LogP contribution in [0.5, 0.6) is 0 Å². The monoisotopic (exact) mass is 388 g/mol. The summed E-state index contributed by atoms with van der Waals surface area (Å²) in [6, 6.07) is 13.5. The van der Waals surface area contributed by atoms with Gasteiger partial charge in [0.05, 0.1) is 6.21 Å². The van der Waals surface area contributed by atoms with Gasteiger partial charge in [0, 0.05) is 34.9 Å². The Morgan fingerprint density at radius 1 is 1.14 bits per heavy atom. The van der Waals surface area contributed by atoms with Gasteiger partial charge in [-0.15, -0.1) is 0 Å². The van der Waals surface area contributed by atoms with Crippen LogP contribution in [0.2, 0.25) is 0 Å². The van der Waals surface area contributed by atoms with E-state index in [1.54, 1.807) is 24.5 Å². The number of nitrogens with one attached hydrogen (secondary N) is 1. The van der Waals surface area contributed by atoms with Crippen molar-refractivity contribution < 1.29 is 4.79 Å². The molecular formula is C23H24N4O2. The van der Waals surface area contributed by atoms with Crippen LogP contribution in [0.1, 0.15) is 34.5 Å². The van der Waals surface area contributed by atoms with Gasteiger partial charge in [-0.25, -0.2) is 5.43 Å². The molecule has 29 heavy (non-hydrogen) atoms. The zero-order valence-corrected chi connectivity index (χ0v) is 16.7. The van der Waals surface area contributed by atoms with E-state index < -0.39 is 0 Å². The first-order valence-corrected chi connectivity index (χ1v) is 9.81. The number of benzene rings is 1. The van der Waals surface area contributed by atoms with Gasteiger partial charge < -0.3 is 9.13 Å². The van der Waals surface area contributed by atoms with Crippen molar-refractivity contribution in [2.45, 2.75) is 39.7 Å². The maximum atomic E-state index is 12.1. The second kappa shape index (κ2) is 7.91. The van der Waals surface area contributed by atoms with E-state index in [-0.39, 0.29) is 18.0 Å². The molecule has 0 radical (unpaired) electrons. The lowest BCUT2D eigenvalue weighted by atomic mass is 10.1. The number of hydrazone groups is 1. The van der Waals surface area contributed by atoms with E-state index in [9.17, 15) is 9.59 Å². The fourth-order valence-electron chi connectivity index (χ4n) is 3.97. The van der Waals surface area contributed by atoms with Crippen LogP contribution >= 0.6 is 0 Å². The predicted octanol–water partition coefficient (Wildman–Crippen LogP) is 2.89. The average molecular weight is 388 g/mol. The van der Waals surface area contributed by atoms with Gasteiger partial charge in [-0.1, -0.05) is 12.1 Å². The third kappa shape index (κ3) is 3.92. The van der Waals surface area contributed by atoms with Gasteiger partial charge in [0.2, 0.25) is 0 Å². The highest BCUT2D eigenvalue weighted by Gasteiger charge is 2.14. The van der Waals surface area contributed by atoms with E-state index in [0.717, 1.165) is 29.1 Å². The largest absolute Gasteiger partial charge is 0.318 e. The number of fused-ring (bicyclic) bond motifs is 1. The number of carbonyl (C=O) groups is 1. The van der Waals surface area contributed by atoms with Crippen LogP contribution < -0.4 is 11.0 Å². The SMILES string of the molecule is Cc1cc(/C=N\NC(=O)Cn2ccccc2=O)c(C)n1-c1ccc2c(c1)CCC2. The molecule has 1 aliphatic carbocycles. The van der Waals surface area contributed by atoms with Crippen LogP contribution in [0.4, 0.5) is 0 Å². The molecule has 1 aliphatic rings. The zero-order chi connectivity index (χ0) is 20.4. The normalized spacial score (nSPS) is 13.0. The van der Waals surface area contributed by atoms with Gasteiger partial charge in [-0.2, -0.15) is 5.10 Å². The molecule has 0 aliphatic heterocycles. The molecule has 4 rings (SSSR count). The molecule has 6 nitrogen and oxygen atoms in total. The number of aryl methyl sites for hydroxylation is 3. The Hall–Kier alpha value is -3.41. The van der Waals surface area contributed by atoms with Gasteiger partial charge >= 0.3 is 0 Å². The Morgan fingerprint density at radius 2 is 1.97 bits per heavy atom. The summed E-state index contributed by atoms with van der Waals surface area (Å²) in [5, 5.41) is 4.08. The zero-order valence-electron chi connectivity index (χ0n) is 16.7. The molecule has 0 saturated heterocycles. The quantitative estimate of drug-likeness (QED) is 0.539. The molecule has 6 heteroatoms. The molecule has 0 saturated carbocycles. The van der Waals surface area contributed by atoms with Gasteiger partial charge in [-0.05, 0) is 68.5 Å². The van der Waals surface area contributed by atoms with Crippen LogP contribution in [-0.4, -0.2) is 21.3 Å². The number of carbonyl (C=O) groups excluding carboxylic acids is 1. The summed E-state index contributed by atoms with van der Waals surface area (Å²) >= 11 is 0. The molecule has 3 aromatic rings. The van der Waals surface area contributed by atoms with E-state index >= 15 is 0 Å². The van der Waals surface area contributed by atoms with Crippen molar-refractivity contribution in [3.8, 4) is 5.69 Å². The third-order valence-electron chi connectivity index (χ3n) is 5.42. The van der Waals surface area contributed by atoms with Gasteiger partial charge in [0.1, 0.15) is 6.54 Å². The van der Waals surface area contributed by atoms with Crippen molar-refractivity contribution in [3.05, 3.63) is 87.1 Å². The molecule has 2 heterocycles. The summed E-state index contributed by atoms with van der Waals surface area (Å²) in [4.78, 5) is 23.7. The highest BCUT2D eigenvalue weighted by Crippen LogP contribution is 2.27. The molecular weight excluding hydrogens is 364 g/mol. The Balaban J connectivity index is 1.48. The summed E-state index contributed by atoms with van der Waals surface area (Å²) < 4.78 is 3.55. The topological polar surface area (TPSA) is 68.4 Å². The summed E-state index contributed by atoms with van der Waals surface area (Å²) in [6.45, 7) is 4.05. The van der Waals surface area contributed by atoms with E-state index in [1.165, 1.54) is 34.6 Å². The smallest absolute Gasteiger partial charge is 0.260 e. The summed E-state index contributed by atoms with van der Waals surface area (Å²) in [5.41, 5.74) is 9.46. The standard InChI is InChI=1S/C23H24N4O2/c1-16-12-20(14-24-25-22(28)15-26-11-4-3-8-23(26)29)17(2)27(16)21-10-9-18-6-5-7-19(18)13-21/h3-4,8-14H,5-7,15H2,1-2H3,(H,25,28)/b24-14-. The second-order valence-electron chi connectivity index (χ2n) is 7.43. The van der Waals surface area contributed by atoms with Crippen molar-refractivity contribution in [1.29, 1.82) is 0 Å². The first kappa shape index (κ1) is 18.9. The summed E-state index contributed by atoms with van der Waals surface area (Å²) in [7, 11) is 0. The first-order chi connectivity index (χ1) is 14.0. The van der Waals surface area contributed by atoms with Crippen LogP contribution in [0.25, 0.3) is 5.69 Å². The minimum Gasteiger partial charge on any atom is -0.318 e. The van der Waals surface area contributed by atoms with E-state index in [2.05, 4.69) is 46.3 Å². The lowest BCUT2D eigenvalue weighted by Crippen LogP contribution is -2.29. The van der Waals surface area contributed by atoms with Crippen LogP contribution in [-0.2, 0) is 24.2 Å². The number of hydrogen-bond acceptors (Lipinski definition) is 3. The maximum Gasteiger partial charge on any atom is 0.260 e. The number of amides is 1.